The quantitative estimate of drug-likeness (QED) is 0.854. The summed E-state index contributed by atoms with van der Waals surface area (Å²) in [6.45, 7) is 6.38. The van der Waals surface area contributed by atoms with Gasteiger partial charge in [0.15, 0.2) is 0 Å². The first-order chi connectivity index (χ1) is 9.06. The molecule has 2 N–H and O–H groups in total. The van der Waals surface area contributed by atoms with Gasteiger partial charge in [0.05, 0.1) is 0 Å². The molecule has 1 aromatic rings. The SMILES string of the molecule is CC(N)CCCC(C)CN1CCc2ccc(F)cc21. The second-order valence-electron chi connectivity index (χ2n) is 5.98. The molecule has 2 unspecified atom stereocenters. The first-order valence-electron chi connectivity index (χ1n) is 7.35. The van der Waals surface area contributed by atoms with Crippen LogP contribution in [0.2, 0.25) is 0 Å². The summed E-state index contributed by atoms with van der Waals surface area (Å²) in [7, 11) is 0. The summed E-state index contributed by atoms with van der Waals surface area (Å²) in [5, 5.41) is 0. The van der Waals surface area contributed by atoms with E-state index in [0.717, 1.165) is 31.6 Å². The maximum absolute atomic E-state index is 13.3. The van der Waals surface area contributed by atoms with Crippen LogP contribution in [0.4, 0.5) is 10.1 Å². The highest BCUT2D eigenvalue weighted by molar-refractivity contribution is 5.58. The van der Waals surface area contributed by atoms with Crippen molar-refractivity contribution in [2.24, 2.45) is 11.7 Å². The molecule has 1 aromatic carbocycles. The Morgan fingerprint density at radius 3 is 2.84 bits per heavy atom. The van der Waals surface area contributed by atoms with Gasteiger partial charge in [-0.25, -0.2) is 4.39 Å². The molecule has 3 heteroatoms. The van der Waals surface area contributed by atoms with E-state index in [-0.39, 0.29) is 5.82 Å². The van der Waals surface area contributed by atoms with Crippen LogP contribution in [-0.2, 0) is 6.42 Å². The van der Waals surface area contributed by atoms with Gasteiger partial charge in [0.25, 0.3) is 0 Å². The number of halogens is 1. The Morgan fingerprint density at radius 2 is 2.11 bits per heavy atom. The Bertz CT molecular complexity index is 417. The van der Waals surface area contributed by atoms with E-state index < -0.39 is 0 Å². The van der Waals surface area contributed by atoms with Gasteiger partial charge in [-0.05, 0) is 49.8 Å². The third-order valence-corrected chi connectivity index (χ3v) is 3.93. The predicted octanol–water partition coefficient (Wildman–Crippen LogP) is 3.34. The molecule has 2 atom stereocenters. The summed E-state index contributed by atoms with van der Waals surface area (Å²) in [6, 6.07) is 5.46. The zero-order valence-corrected chi connectivity index (χ0v) is 12.0. The van der Waals surface area contributed by atoms with Crippen molar-refractivity contribution in [2.75, 3.05) is 18.0 Å². The average Bonchev–Trinajstić information content (AvgIpc) is 2.71. The largest absolute Gasteiger partial charge is 0.371 e. The van der Waals surface area contributed by atoms with Crippen LogP contribution in [0.25, 0.3) is 0 Å². The maximum Gasteiger partial charge on any atom is 0.125 e. The Kier molecular flexibility index (Phi) is 4.81. The van der Waals surface area contributed by atoms with Crippen molar-refractivity contribution in [1.29, 1.82) is 0 Å². The molecule has 0 radical (unpaired) electrons. The normalized spacial score (nSPS) is 17.4. The van der Waals surface area contributed by atoms with Gasteiger partial charge >= 0.3 is 0 Å². The van der Waals surface area contributed by atoms with Crippen molar-refractivity contribution in [3.63, 3.8) is 0 Å². The summed E-state index contributed by atoms with van der Waals surface area (Å²) >= 11 is 0. The molecule has 1 aliphatic heterocycles. The number of hydrogen-bond acceptors (Lipinski definition) is 2. The van der Waals surface area contributed by atoms with Crippen LogP contribution in [0.5, 0.6) is 0 Å². The number of benzene rings is 1. The van der Waals surface area contributed by atoms with Crippen LogP contribution >= 0.6 is 0 Å². The predicted molar refractivity (Wildman–Crippen MR) is 79.0 cm³/mol. The van der Waals surface area contributed by atoms with Gasteiger partial charge in [0.1, 0.15) is 5.82 Å². The fourth-order valence-electron chi connectivity index (χ4n) is 2.86. The van der Waals surface area contributed by atoms with E-state index in [2.05, 4.69) is 18.7 Å². The molecule has 0 aliphatic carbocycles. The van der Waals surface area contributed by atoms with Gasteiger partial charge in [-0.2, -0.15) is 0 Å². The fraction of sp³-hybridized carbons (Fsp3) is 0.625. The lowest BCUT2D eigenvalue weighted by Crippen LogP contribution is -2.26. The molecule has 2 nitrogen and oxygen atoms in total. The summed E-state index contributed by atoms with van der Waals surface area (Å²) in [4.78, 5) is 2.33. The van der Waals surface area contributed by atoms with E-state index in [9.17, 15) is 4.39 Å². The van der Waals surface area contributed by atoms with Crippen LogP contribution in [0.1, 0.15) is 38.7 Å². The number of nitrogens with two attached hydrogens (primary N) is 1. The van der Waals surface area contributed by atoms with Crippen molar-refractivity contribution < 1.29 is 4.39 Å². The summed E-state index contributed by atoms with van der Waals surface area (Å²) in [5.41, 5.74) is 8.15. The Hall–Kier alpha value is -1.09. The number of anilines is 1. The minimum Gasteiger partial charge on any atom is -0.371 e. The molecule has 1 aliphatic rings. The van der Waals surface area contributed by atoms with Crippen LogP contribution < -0.4 is 10.6 Å². The van der Waals surface area contributed by atoms with Crippen LogP contribution in [-0.4, -0.2) is 19.1 Å². The zero-order chi connectivity index (χ0) is 13.8. The lowest BCUT2D eigenvalue weighted by Gasteiger charge is -2.24. The van der Waals surface area contributed by atoms with E-state index in [0.29, 0.717) is 12.0 Å². The average molecular weight is 264 g/mol. The first kappa shape index (κ1) is 14.3. The van der Waals surface area contributed by atoms with E-state index in [1.807, 2.05) is 6.07 Å². The van der Waals surface area contributed by atoms with Crippen LogP contribution in [0.3, 0.4) is 0 Å². The maximum atomic E-state index is 13.3. The molecule has 0 amide bonds. The lowest BCUT2D eigenvalue weighted by molar-refractivity contribution is 0.476. The van der Waals surface area contributed by atoms with Crippen molar-refractivity contribution in [3.8, 4) is 0 Å². The minimum absolute atomic E-state index is 0.129. The van der Waals surface area contributed by atoms with E-state index in [4.69, 9.17) is 5.73 Å². The van der Waals surface area contributed by atoms with Gasteiger partial charge in [-0.15, -0.1) is 0 Å². The van der Waals surface area contributed by atoms with E-state index in [1.54, 1.807) is 12.1 Å². The molecule has 0 spiro atoms. The molecular formula is C16H25FN2. The third kappa shape index (κ3) is 3.93. The van der Waals surface area contributed by atoms with E-state index in [1.165, 1.54) is 18.4 Å². The van der Waals surface area contributed by atoms with E-state index >= 15 is 0 Å². The number of hydrogen-bond donors (Lipinski definition) is 1. The molecule has 106 valence electrons. The smallest absolute Gasteiger partial charge is 0.125 e. The van der Waals surface area contributed by atoms with Gasteiger partial charge in [0.2, 0.25) is 0 Å². The van der Waals surface area contributed by atoms with Crippen molar-refractivity contribution >= 4 is 5.69 Å². The lowest BCUT2D eigenvalue weighted by atomic mass is 10.0. The fourth-order valence-corrected chi connectivity index (χ4v) is 2.86. The Labute approximate surface area is 115 Å². The van der Waals surface area contributed by atoms with Gasteiger partial charge < -0.3 is 10.6 Å². The third-order valence-electron chi connectivity index (χ3n) is 3.93. The highest BCUT2D eigenvalue weighted by Crippen LogP contribution is 2.29. The van der Waals surface area contributed by atoms with Crippen molar-refractivity contribution in [2.45, 2.75) is 45.6 Å². The number of rotatable bonds is 6. The topological polar surface area (TPSA) is 29.3 Å². The molecule has 0 aromatic heterocycles. The van der Waals surface area contributed by atoms with Gasteiger partial charge in [-0.3, -0.25) is 0 Å². The molecule has 0 bridgehead atoms. The minimum atomic E-state index is -0.129. The number of fused-ring (bicyclic) bond motifs is 1. The summed E-state index contributed by atoms with van der Waals surface area (Å²) < 4.78 is 13.3. The second kappa shape index (κ2) is 6.38. The van der Waals surface area contributed by atoms with Crippen LogP contribution in [0, 0.1) is 11.7 Å². The van der Waals surface area contributed by atoms with Gasteiger partial charge in [-0.1, -0.05) is 19.4 Å². The summed E-state index contributed by atoms with van der Waals surface area (Å²) in [6.07, 6.45) is 4.52. The van der Waals surface area contributed by atoms with Crippen LogP contribution in [0.15, 0.2) is 18.2 Å². The monoisotopic (exact) mass is 264 g/mol. The molecule has 19 heavy (non-hydrogen) atoms. The standard InChI is InChI=1S/C16H25FN2/c1-12(4-3-5-13(2)18)11-19-9-8-14-6-7-15(17)10-16(14)19/h6-7,10,12-13H,3-5,8-9,11,18H2,1-2H3. The zero-order valence-electron chi connectivity index (χ0n) is 12.0. The highest BCUT2D eigenvalue weighted by atomic mass is 19.1. The second-order valence-corrected chi connectivity index (χ2v) is 5.98. The molecule has 1 heterocycles. The molecular weight excluding hydrogens is 239 g/mol. The molecule has 0 fully saturated rings. The Morgan fingerprint density at radius 1 is 1.32 bits per heavy atom. The van der Waals surface area contributed by atoms with Crippen molar-refractivity contribution in [3.05, 3.63) is 29.6 Å². The van der Waals surface area contributed by atoms with Gasteiger partial charge in [0, 0.05) is 24.8 Å². The number of nitrogens with zero attached hydrogens (tertiary/aromatic N) is 1. The highest BCUT2D eigenvalue weighted by Gasteiger charge is 2.20. The molecule has 0 saturated carbocycles. The Balaban J connectivity index is 1.86. The molecule has 0 saturated heterocycles. The molecule has 2 rings (SSSR count). The van der Waals surface area contributed by atoms with Crippen molar-refractivity contribution in [1.82, 2.24) is 0 Å². The summed E-state index contributed by atoms with van der Waals surface area (Å²) in [5.74, 6) is 0.503. The first-order valence-corrected chi connectivity index (χ1v) is 7.35.